The van der Waals surface area contributed by atoms with Crippen LogP contribution in [0.2, 0.25) is 0 Å². The smallest absolute Gasteiger partial charge is 0.240 e. The fourth-order valence-corrected chi connectivity index (χ4v) is 3.44. The van der Waals surface area contributed by atoms with Crippen molar-refractivity contribution >= 4 is 21.6 Å². The largest absolute Gasteiger partial charge is 0.398 e. The molecule has 0 aliphatic heterocycles. The zero-order chi connectivity index (χ0) is 16.0. The second kappa shape index (κ2) is 7.42. The number of likely N-dealkylation sites (N-methyl/N-ethyl adjacent to an activating group) is 1. The van der Waals surface area contributed by atoms with Crippen LogP contribution in [0.5, 0.6) is 0 Å². The molecule has 0 heterocycles. The monoisotopic (exact) mass is 313 g/mol. The van der Waals surface area contributed by atoms with Gasteiger partial charge in [-0.1, -0.05) is 18.2 Å². The summed E-state index contributed by atoms with van der Waals surface area (Å²) in [6, 6.07) is 5.98. The van der Waals surface area contributed by atoms with Crippen LogP contribution in [0.15, 0.2) is 24.3 Å². The summed E-state index contributed by atoms with van der Waals surface area (Å²) >= 11 is 0. The number of amides is 1. The van der Waals surface area contributed by atoms with Crippen molar-refractivity contribution in [1.29, 1.82) is 0 Å². The fourth-order valence-electron chi connectivity index (χ4n) is 2.04. The van der Waals surface area contributed by atoms with Crippen LogP contribution in [0, 0.1) is 0 Å². The number of hydrogen-bond donors (Lipinski definition) is 2. The lowest BCUT2D eigenvalue weighted by Crippen LogP contribution is -2.47. The Labute approximate surface area is 126 Å². The summed E-state index contributed by atoms with van der Waals surface area (Å²) in [5.74, 6) is -0.472. The number of anilines is 1. The zero-order valence-electron chi connectivity index (χ0n) is 12.7. The lowest BCUT2D eigenvalue weighted by molar-refractivity contribution is -0.132. The van der Waals surface area contributed by atoms with Gasteiger partial charge < -0.3 is 10.6 Å². The minimum atomic E-state index is -3.63. The molecule has 0 aliphatic rings. The first-order valence-electron chi connectivity index (χ1n) is 6.92. The Morgan fingerprint density at radius 2 is 1.86 bits per heavy atom. The van der Waals surface area contributed by atoms with E-state index in [1.807, 2.05) is 13.8 Å². The minimum Gasteiger partial charge on any atom is -0.398 e. The molecule has 7 heteroatoms. The highest BCUT2D eigenvalue weighted by atomic mass is 32.2. The predicted octanol–water partition coefficient (Wildman–Crippen LogP) is 0.945. The quantitative estimate of drug-likeness (QED) is 0.733. The highest BCUT2D eigenvalue weighted by Gasteiger charge is 2.23. The van der Waals surface area contributed by atoms with Gasteiger partial charge in [0.15, 0.2) is 0 Å². The normalized spacial score (nSPS) is 12.9. The Morgan fingerprint density at radius 3 is 2.38 bits per heavy atom. The number of para-hydroxylation sites is 1. The predicted molar refractivity (Wildman–Crippen MR) is 84.0 cm³/mol. The van der Waals surface area contributed by atoms with Crippen molar-refractivity contribution < 1.29 is 13.2 Å². The molecule has 0 aliphatic carbocycles. The second-order valence-corrected chi connectivity index (χ2v) is 6.56. The third kappa shape index (κ3) is 5.02. The Hall–Kier alpha value is -1.60. The van der Waals surface area contributed by atoms with E-state index in [0.29, 0.717) is 24.3 Å². The molecule has 1 amide bonds. The molecule has 3 N–H and O–H groups in total. The van der Waals surface area contributed by atoms with Gasteiger partial charge in [0.05, 0.1) is 11.8 Å². The number of rotatable bonds is 7. The number of benzene rings is 1. The molecule has 6 nitrogen and oxygen atoms in total. The molecule has 118 valence electrons. The van der Waals surface area contributed by atoms with Gasteiger partial charge in [-0.25, -0.2) is 13.1 Å². The van der Waals surface area contributed by atoms with Crippen LogP contribution in [-0.2, 0) is 20.6 Å². The Kier molecular flexibility index (Phi) is 6.17. The minimum absolute atomic E-state index is 0.232. The molecule has 0 radical (unpaired) electrons. The van der Waals surface area contributed by atoms with Gasteiger partial charge in [0.25, 0.3) is 0 Å². The molecule has 1 unspecified atom stereocenters. The van der Waals surface area contributed by atoms with Crippen LogP contribution in [0.4, 0.5) is 5.69 Å². The molecule has 21 heavy (non-hydrogen) atoms. The van der Waals surface area contributed by atoms with Crippen molar-refractivity contribution in [2.24, 2.45) is 0 Å². The van der Waals surface area contributed by atoms with Gasteiger partial charge >= 0.3 is 0 Å². The maximum absolute atomic E-state index is 12.1. The van der Waals surface area contributed by atoms with Gasteiger partial charge in [-0.3, -0.25) is 4.79 Å². The number of carbonyl (C=O) groups is 1. The summed E-state index contributed by atoms with van der Waals surface area (Å²) in [5, 5.41) is 0. The number of nitrogen functional groups attached to an aromatic ring is 1. The highest BCUT2D eigenvalue weighted by molar-refractivity contribution is 7.88. The van der Waals surface area contributed by atoms with E-state index in [-0.39, 0.29) is 11.7 Å². The Balaban J connectivity index is 2.77. The topological polar surface area (TPSA) is 92.5 Å². The van der Waals surface area contributed by atoms with E-state index < -0.39 is 16.1 Å². The maximum atomic E-state index is 12.1. The lowest BCUT2D eigenvalue weighted by Gasteiger charge is -2.23. The highest BCUT2D eigenvalue weighted by Crippen LogP contribution is 2.14. The molecular formula is C14H23N3O3S. The Morgan fingerprint density at radius 1 is 1.29 bits per heavy atom. The van der Waals surface area contributed by atoms with Gasteiger partial charge in [0, 0.05) is 18.8 Å². The standard InChI is InChI=1S/C14H23N3O3S/c1-4-17(5-2)14(18)11(3)16-21(19,20)10-12-8-6-7-9-13(12)15/h6-9,11,16H,4-5,10,15H2,1-3H3. The number of sulfonamides is 1. The average Bonchev–Trinajstić information content (AvgIpc) is 2.41. The van der Waals surface area contributed by atoms with Crippen LogP contribution in [0.25, 0.3) is 0 Å². The molecule has 1 aromatic rings. The van der Waals surface area contributed by atoms with Crippen molar-refractivity contribution in [2.45, 2.75) is 32.6 Å². The summed E-state index contributed by atoms with van der Waals surface area (Å²) in [6.07, 6.45) is 0. The molecule has 1 aromatic carbocycles. The van der Waals surface area contributed by atoms with Crippen LogP contribution in [0.1, 0.15) is 26.3 Å². The first-order chi connectivity index (χ1) is 9.80. The third-order valence-electron chi connectivity index (χ3n) is 3.20. The summed E-state index contributed by atoms with van der Waals surface area (Å²) in [6.45, 7) is 6.35. The third-order valence-corrected chi connectivity index (χ3v) is 4.61. The fraction of sp³-hybridized carbons (Fsp3) is 0.500. The van der Waals surface area contributed by atoms with Crippen molar-refractivity contribution in [2.75, 3.05) is 18.8 Å². The van der Waals surface area contributed by atoms with Gasteiger partial charge in [-0.15, -0.1) is 0 Å². The van der Waals surface area contributed by atoms with Gasteiger partial charge in [0.2, 0.25) is 15.9 Å². The van der Waals surface area contributed by atoms with Crippen molar-refractivity contribution in [3.63, 3.8) is 0 Å². The van der Waals surface area contributed by atoms with Crippen LogP contribution < -0.4 is 10.5 Å². The Bertz CT molecular complexity index is 583. The number of nitrogens with zero attached hydrogens (tertiary/aromatic N) is 1. The van der Waals surface area contributed by atoms with E-state index in [1.54, 1.807) is 36.1 Å². The summed E-state index contributed by atoms with van der Waals surface area (Å²) in [4.78, 5) is 13.7. The molecular weight excluding hydrogens is 290 g/mol. The van der Waals surface area contributed by atoms with Crippen molar-refractivity contribution in [3.05, 3.63) is 29.8 Å². The molecule has 0 bridgehead atoms. The average molecular weight is 313 g/mol. The van der Waals surface area contributed by atoms with Gasteiger partial charge in [-0.05, 0) is 32.4 Å². The SMILES string of the molecule is CCN(CC)C(=O)C(C)NS(=O)(=O)Cc1ccccc1N. The van der Waals surface area contributed by atoms with E-state index in [1.165, 1.54) is 0 Å². The van der Waals surface area contributed by atoms with E-state index in [9.17, 15) is 13.2 Å². The molecule has 0 aromatic heterocycles. The van der Waals surface area contributed by atoms with Crippen molar-refractivity contribution in [1.82, 2.24) is 9.62 Å². The molecule has 0 fully saturated rings. The summed E-state index contributed by atoms with van der Waals surface area (Å²) in [5.41, 5.74) is 6.68. The van der Waals surface area contributed by atoms with Gasteiger partial charge in [0.1, 0.15) is 0 Å². The summed E-state index contributed by atoms with van der Waals surface area (Å²) in [7, 11) is -3.63. The number of nitrogens with two attached hydrogens (primary N) is 1. The number of hydrogen-bond acceptors (Lipinski definition) is 4. The lowest BCUT2D eigenvalue weighted by atomic mass is 10.2. The van der Waals surface area contributed by atoms with E-state index >= 15 is 0 Å². The zero-order valence-corrected chi connectivity index (χ0v) is 13.5. The second-order valence-electron chi connectivity index (χ2n) is 4.81. The molecule has 0 spiro atoms. The first-order valence-corrected chi connectivity index (χ1v) is 8.58. The molecule has 0 saturated heterocycles. The van der Waals surface area contributed by atoms with Crippen LogP contribution in [0.3, 0.4) is 0 Å². The summed E-state index contributed by atoms with van der Waals surface area (Å²) < 4.78 is 26.7. The maximum Gasteiger partial charge on any atom is 0.240 e. The van der Waals surface area contributed by atoms with Crippen LogP contribution >= 0.6 is 0 Å². The molecule has 1 atom stereocenters. The van der Waals surface area contributed by atoms with E-state index in [4.69, 9.17) is 5.73 Å². The van der Waals surface area contributed by atoms with Crippen LogP contribution in [-0.4, -0.2) is 38.4 Å². The van der Waals surface area contributed by atoms with Crippen molar-refractivity contribution in [3.8, 4) is 0 Å². The molecule has 0 saturated carbocycles. The molecule has 1 rings (SSSR count). The van der Waals surface area contributed by atoms with E-state index in [2.05, 4.69) is 4.72 Å². The first kappa shape index (κ1) is 17.5. The number of nitrogens with one attached hydrogen (secondary N) is 1. The van der Waals surface area contributed by atoms with Gasteiger partial charge in [-0.2, -0.15) is 0 Å². The number of carbonyl (C=O) groups excluding carboxylic acids is 1. The van der Waals surface area contributed by atoms with E-state index in [0.717, 1.165) is 0 Å².